The zero-order valence-corrected chi connectivity index (χ0v) is 18.5. The first-order valence-corrected chi connectivity index (χ1v) is 10.3. The van der Waals surface area contributed by atoms with Gasteiger partial charge in [0.15, 0.2) is 5.82 Å². The molecule has 2 aromatic heterocycles. The standard InChI is InChI=1S/C22H16Cl3N5O/c1-31-17-9-7-14(8-10-17)20-15(13-30(29-20)16-5-3-2-4-6-16)12-26-28-22-19(24)11-18(23)21(25)27-22/h2-13H,1H3,(H,27,28). The van der Waals surface area contributed by atoms with Gasteiger partial charge in [0.25, 0.3) is 0 Å². The van der Waals surface area contributed by atoms with Gasteiger partial charge in [-0.3, -0.25) is 5.43 Å². The third-order valence-corrected chi connectivity index (χ3v) is 5.35. The maximum atomic E-state index is 6.15. The van der Waals surface area contributed by atoms with Gasteiger partial charge in [-0.1, -0.05) is 53.0 Å². The number of anilines is 1. The normalized spacial score (nSPS) is 11.1. The summed E-state index contributed by atoms with van der Waals surface area (Å²) in [6.07, 6.45) is 3.54. The Morgan fingerprint density at radius 2 is 1.74 bits per heavy atom. The number of hydrogen-bond donors (Lipinski definition) is 1. The molecule has 0 aliphatic rings. The van der Waals surface area contributed by atoms with Crippen LogP contribution >= 0.6 is 34.8 Å². The van der Waals surface area contributed by atoms with Gasteiger partial charge in [-0.2, -0.15) is 10.2 Å². The van der Waals surface area contributed by atoms with E-state index in [0.717, 1.165) is 28.3 Å². The first-order valence-electron chi connectivity index (χ1n) is 9.15. The van der Waals surface area contributed by atoms with E-state index in [2.05, 4.69) is 15.5 Å². The fraction of sp³-hybridized carbons (Fsp3) is 0.0455. The van der Waals surface area contributed by atoms with Crippen LogP contribution in [-0.2, 0) is 0 Å². The number of nitrogens with zero attached hydrogens (tertiary/aromatic N) is 4. The zero-order chi connectivity index (χ0) is 21.8. The summed E-state index contributed by atoms with van der Waals surface area (Å²) < 4.78 is 7.05. The summed E-state index contributed by atoms with van der Waals surface area (Å²) in [5, 5.41) is 9.74. The quantitative estimate of drug-likeness (QED) is 0.202. The molecule has 0 amide bonds. The number of ether oxygens (including phenoxy) is 1. The second kappa shape index (κ2) is 9.39. The number of benzene rings is 2. The second-order valence-electron chi connectivity index (χ2n) is 6.40. The number of halogens is 3. The molecular formula is C22H16Cl3N5O. The molecule has 0 aliphatic carbocycles. The molecule has 2 aromatic carbocycles. The van der Waals surface area contributed by atoms with Gasteiger partial charge in [-0.15, -0.1) is 0 Å². The number of pyridine rings is 1. The first-order chi connectivity index (χ1) is 15.0. The minimum atomic E-state index is 0.139. The van der Waals surface area contributed by atoms with Crippen LogP contribution in [0.2, 0.25) is 15.2 Å². The zero-order valence-electron chi connectivity index (χ0n) is 16.3. The lowest BCUT2D eigenvalue weighted by Crippen LogP contribution is -1.95. The number of hydrogen-bond acceptors (Lipinski definition) is 5. The fourth-order valence-electron chi connectivity index (χ4n) is 2.85. The van der Waals surface area contributed by atoms with E-state index < -0.39 is 0 Å². The Bertz CT molecular complexity index is 1220. The molecule has 0 radical (unpaired) electrons. The van der Waals surface area contributed by atoms with E-state index in [1.54, 1.807) is 18.0 Å². The maximum Gasteiger partial charge on any atom is 0.166 e. The number of nitrogens with one attached hydrogen (secondary N) is 1. The highest BCUT2D eigenvalue weighted by Crippen LogP contribution is 2.29. The molecule has 6 nitrogen and oxygen atoms in total. The third-order valence-electron chi connectivity index (χ3n) is 4.39. The Labute approximate surface area is 194 Å². The minimum absolute atomic E-state index is 0.139. The Morgan fingerprint density at radius 1 is 1.00 bits per heavy atom. The second-order valence-corrected chi connectivity index (χ2v) is 7.58. The number of hydrazone groups is 1. The van der Waals surface area contributed by atoms with Crippen molar-refractivity contribution in [3.63, 3.8) is 0 Å². The van der Waals surface area contributed by atoms with Gasteiger partial charge in [0, 0.05) is 17.3 Å². The van der Waals surface area contributed by atoms with E-state index >= 15 is 0 Å². The summed E-state index contributed by atoms with van der Waals surface area (Å²) >= 11 is 18.0. The van der Waals surface area contributed by atoms with Gasteiger partial charge in [-0.25, -0.2) is 9.67 Å². The Hall–Kier alpha value is -3.06. The van der Waals surface area contributed by atoms with Crippen molar-refractivity contribution in [2.75, 3.05) is 12.5 Å². The summed E-state index contributed by atoms with van der Waals surface area (Å²) in [5.74, 6) is 1.07. The summed E-state index contributed by atoms with van der Waals surface area (Å²) in [5.41, 5.74) is 6.19. The van der Waals surface area contributed by atoms with Crippen LogP contribution in [0.4, 0.5) is 5.82 Å². The molecule has 0 fully saturated rings. The van der Waals surface area contributed by atoms with E-state index in [4.69, 9.17) is 44.6 Å². The fourth-order valence-corrected chi connectivity index (χ4v) is 3.39. The van der Waals surface area contributed by atoms with Gasteiger partial charge in [0.1, 0.15) is 16.6 Å². The van der Waals surface area contributed by atoms with Crippen molar-refractivity contribution in [1.29, 1.82) is 0 Å². The summed E-state index contributed by atoms with van der Waals surface area (Å²) in [7, 11) is 1.63. The smallest absolute Gasteiger partial charge is 0.166 e. The molecule has 156 valence electrons. The van der Waals surface area contributed by atoms with Crippen LogP contribution in [0.3, 0.4) is 0 Å². The lowest BCUT2D eigenvalue weighted by Gasteiger charge is -2.04. The molecule has 1 N–H and O–H groups in total. The molecule has 0 atom stereocenters. The number of methoxy groups -OCH3 is 1. The first kappa shape index (κ1) is 21.2. The van der Waals surface area contributed by atoms with Crippen molar-refractivity contribution in [2.45, 2.75) is 0 Å². The molecule has 2 heterocycles. The molecular weight excluding hydrogens is 457 g/mol. The Balaban J connectivity index is 1.68. The van der Waals surface area contributed by atoms with Crippen molar-refractivity contribution in [3.05, 3.63) is 87.6 Å². The van der Waals surface area contributed by atoms with Crippen LogP contribution in [-0.4, -0.2) is 28.1 Å². The monoisotopic (exact) mass is 471 g/mol. The van der Waals surface area contributed by atoms with Crippen molar-refractivity contribution in [1.82, 2.24) is 14.8 Å². The summed E-state index contributed by atoms with van der Waals surface area (Å²) in [6.45, 7) is 0. The lowest BCUT2D eigenvalue weighted by molar-refractivity contribution is 0.415. The highest BCUT2D eigenvalue weighted by atomic mass is 35.5. The van der Waals surface area contributed by atoms with Gasteiger partial charge in [-0.05, 0) is 42.5 Å². The molecule has 0 spiro atoms. The average molecular weight is 473 g/mol. The van der Waals surface area contributed by atoms with Crippen molar-refractivity contribution >= 4 is 46.8 Å². The Morgan fingerprint density at radius 3 is 2.45 bits per heavy atom. The number of para-hydroxylation sites is 1. The van der Waals surface area contributed by atoms with E-state index in [9.17, 15) is 0 Å². The topological polar surface area (TPSA) is 64.3 Å². The third kappa shape index (κ3) is 4.82. The van der Waals surface area contributed by atoms with Gasteiger partial charge < -0.3 is 4.74 Å². The highest BCUT2D eigenvalue weighted by Gasteiger charge is 2.12. The largest absolute Gasteiger partial charge is 0.497 e. The van der Waals surface area contributed by atoms with E-state index in [0.29, 0.717) is 10.8 Å². The van der Waals surface area contributed by atoms with Crippen molar-refractivity contribution < 1.29 is 4.74 Å². The predicted octanol–water partition coefficient (Wildman–Crippen LogP) is 6.35. The maximum absolute atomic E-state index is 6.15. The van der Waals surface area contributed by atoms with E-state index in [1.807, 2.05) is 60.8 Å². The molecule has 9 heteroatoms. The molecule has 4 aromatic rings. The van der Waals surface area contributed by atoms with Crippen molar-refractivity contribution in [2.24, 2.45) is 5.10 Å². The molecule has 31 heavy (non-hydrogen) atoms. The van der Waals surface area contributed by atoms with Crippen LogP contribution in [0.5, 0.6) is 5.75 Å². The molecule has 0 saturated heterocycles. The van der Waals surface area contributed by atoms with Crippen LogP contribution < -0.4 is 10.2 Å². The highest BCUT2D eigenvalue weighted by molar-refractivity contribution is 6.42. The molecule has 0 saturated carbocycles. The van der Waals surface area contributed by atoms with Crippen LogP contribution in [0.15, 0.2) is 72.0 Å². The van der Waals surface area contributed by atoms with Gasteiger partial charge >= 0.3 is 0 Å². The predicted molar refractivity (Wildman–Crippen MR) is 126 cm³/mol. The van der Waals surface area contributed by atoms with E-state index in [-0.39, 0.29) is 10.2 Å². The molecule has 4 rings (SSSR count). The van der Waals surface area contributed by atoms with Crippen LogP contribution in [0.25, 0.3) is 16.9 Å². The van der Waals surface area contributed by atoms with E-state index in [1.165, 1.54) is 6.07 Å². The Kier molecular flexibility index (Phi) is 6.42. The summed E-state index contributed by atoms with van der Waals surface area (Å²) in [6, 6.07) is 19.0. The molecule has 0 unspecified atom stereocenters. The SMILES string of the molecule is COc1ccc(-c2nn(-c3ccccc3)cc2C=NNc2nc(Cl)c(Cl)cc2Cl)cc1. The lowest BCUT2D eigenvalue weighted by atomic mass is 10.1. The minimum Gasteiger partial charge on any atom is -0.497 e. The van der Waals surface area contributed by atoms with Gasteiger partial charge in [0.05, 0.1) is 29.1 Å². The molecule has 0 aliphatic heterocycles. The van der Waals surface area contributed by atoms with Crippen LogP contribution in [0.1, 0.15) is 5.56 Å². The van der Waals surface area contributed by atoms with Crippen molar-refractivity contribution in [3.8, 4) is 22.7 Å². The molecule has 0 bridgehead atoms. The van der Waals surface area contributed by atoms with Crippen LogP contribution in [0, 0.1) is 0 Å². The average Bonchev–Trinajstić information content (AvgIpc) is 3.22. The van der Waals surface area contributed by atoms with Gasteiger partial charge in [0.2, 0.25) is 0 Å². The number of aromatic nitrogens is 3. The number of rotatable bonds is 6. The summed E-state index contributed by atoms with van der Waals surface area (Å²) in [4.78, 5) is 4.10.